The summed E-state index contributed by atoms with van der Waals surface area (Å²) in [6.07, 6.45) is 5.16. The molecule has 19 heavy (non-hydrogen) atoms. The molecule has 0 atom stereocenters. The molecule has 2 aromatic carbocycles. The molecule has 0 saturated heterocycles. The molecular formula is C16H15NOS. The molecule has 2 nitrogen and oxygen atoms in total. The molecule has 2 rings (SSSR count). The van der Waals surface area contributed by atoms with E-state index in [2.05, 4.69) is 36.6 Å². The second-order valence-corrected chi connectivity index (χ2v) is 4.97. The fourth-order valence-electron chi connectivity index (χ4n) is 1.78. The van der Waals surface area contributed by atoms with E-state index >= 15 is 0 Å². The highest BCUT2D eigenvalue weighted by atomic mass is 32.2. The van der Waals surface area contributed by atoms with Gasteiger partial charge in [0.05, 0.1) is 0 Å². The number of hydrogen-bond acceptors (Lipinski definition) is 2. The van der Waals surface area contributed by atoms with Crippen molar-refractivity contribution < 1.29 is 4.79 Å². The molecule has 96 valence electrons. The van der Waals surface area contributed by atoms with Crippen LogP contribution < -0.4 is 5.73 Å². The zero-order valence-corrected chi connectivity index (χ0v) is 11.5. The third-order valence-corrected chi connectivity index (χ3v) is 3.49. The highest BCUT2D eigenvalue weighted by molar-refractivity contribution is 7.98. The van der Waals surface area contributed by atoms with Crippen LogP contribution in [-0.2, 0) is 4.79 Å². The van der Waals surface area contributed by atoms with Gasteiger partial charge in [0.15, 0.2) is 0 Å². The lowest BCUT2D eigenvalue weighted by Gasteiger charge is -2.04. The number of primary amides is 1. The Morgan fingerprint density at radius 1 is 1.11 bits per heavy atom. The van der Waals surface area contributed by atoms with Crippen LogP contribution in [-0.4, -0.2) is 12.2 Å². The molecule has 0 aliphatic heterocycles. The van der Waals surface area contributed by atoms with E-state index in [4.69, 9.17) is 5.73 Å². The Kier molecular flexibility index (Phi) is 4.42. The van der Waals surface area contributed by atoms with Crippen LogP contribution in [0.25, 0.3) is 17.2 Å². The second kappa shape index (κ2) is 6.25. The molecule has 0 spiro atoms. The summed E-state index contributed by atoms with van der Waals surface area (Å²) in [5, 5.41) is 0. The molecule has 0 fully saturated rings. The standard InChI is InChI=1S/C16H15NOS/c1-19-15-8-6-13(7-9-15)14-4-2-3-12(11-14)5-10-16(17)18/h2-11H,1H3,(H2,17,18)/b10-5+. The highest BCUT2D eigenvalue weighted by Gasteiger charge is 1.98. The molecule has 0 saturated carbocycles. The molecule has 2 N–H and O–H groups in total. The van der Waals surface area contributed by atoms with E-state index in [-0.39, 0.29) is 0 Å². The molecule has 0 aliphatic rings. The maximum absolute atomic E-state index is 10.7. The van der Waals surface area contributed by atoms with Crippen molar-refractivity contribution in [2.75, 3.05) is 6.26 Å². The molecule has 0 unspecified atom stereocenters. The minimum atomic E-state index is -0.435. The van der Waals surface area contributed by atoms with Crippen LogP contribution >= 0.6 is 11.8 Å². The van der Waals surface area contributed by atoms with Crippen molar-refractivity contribution >= 4 is 23.7 Å². The fourth-order valence-corrected chi connectivity index (χ4v) is 2.19. The first kappa shape index (κ1) is 13.4. The Hall–Kier alpha value is -2.00. The monoisotopic (exact) mass is 269 g/mol. The Balaban J connectivity index is 2.29. The van der Waals surface area contributed by atoms with Crippen LogP contribution in [0.5, 0.6) is 0 Å². The van der Waals surface area contributed by atoms with E-state index in [1.54, 1.807) is 17.8 Å². The molecule has 0 radical (unpaired) electrons. The zero-order chi connectivity index (χ0) is 13.7. The van der Waals surface area contributed by atoms with E-state index < -0.39 is 5.91 Å². The van der Waals surface area contributed by atoms with Gasteiger partial charge in [0.25, 0.3) is 0 Å². The van der Waals surface area contributed by atoms with Crippen molar-refractivity contribution in [2.45, 2.75) is 4.90 Å². The van der Waals surface area contributed by atoms with Gasteiger partial charge in [-0.2, -0.15) is 0 Å². The molecular weight excluding hydrogens is 254 g/mol. The van der Waals surface area contributed by atoms with E-state index in [0.717, 1.165) is 16.7 Å². The average molecular weight is 269 g/mol. The normalized spacial score (nSPS) is 10.8. The van der Waals surface area contributed by atoms with Crippen LogP contribution in [0.2, 0.25) is 0 Å². The number of thioether (sulfide) groups is 1. The first-order valence-electron chi connectivity index (χ1n) is 5.91. The highest BCUT2D eigenvalue weighted by Crippen LogP contribution is 2.24. The van der Waals surface area contributed by atoms with Gasteiger partial charge in [-0.1, -0.05) is 30.3 Å². The summed E-state index contributed by atoms with van der Waals surface area (Å²) in [5.41, 5.74) is 8.34. The number of amides is 1. The van der Waals surface area contributed by atoms with Crippen molar-refractivity contribution in [1.82, 2.24) is 0 Å². The zero-order valence-electron chi connectivity index (χ0n) is 10.7. The van der Waals surface area contributed by atoms with Crippen molar-refractivity contribution in [2.24, 2.45) is 5.73 Å². The Morgan fingerprint density at radius 3 is 2.47 bits per heavy atom. The van der Waals surface area contributed by atoms with Gasteiger partial charge in [-0.15, -0.1) is 11.8 Å². The smallest absolute Gasteiger partial charge is 0.241 e. The van der Waals surface area contributed by atoms with Gasteiger partial charge < -0.3 is 5.73 Å². The summed E-state index contributed by atoms with van der Waals surface area (Å²) in [7, 11) is 0. The summed E-state index contributed by atoms with van der Waals surface area (Å²) < 4.78 is 0. The van der Waals surface area contributed by atoms with Gasteiger partial charge in [-0.25, -0.2) is 0 Å². The Labute approximate surface area is 117 Å². The van der Waals surface area contributed by atoms with E-state index in [1.165, 1.54) is 11.0 Å². The minimum absolute atomic E-state index is 0.435. The van der Waals surface area contributed by atoms with E-state index in [1.807, 2.05) is 18.2 Å². The third kappa shape index (κ3) is 3.73. The lowest BCUT2D eigenvalue weighted by molar-refractivity contribution is -0.113. The largest absolute Gasteiger partial charge is 0.366 e. The van der Waals surface area contributed by atoms with Gasteiger partial charge in [0, 0.05) is 11.0 Å². The predicted octanol–water partition coefficient (Wildman–Crippen LogP) is 3.57. The van der Waals surface area contributed by atoms with Crippen molar-refractivity contribution in [3.05, 3.63) is 60.2 Å². The molecule has 0 bridgehead atoms. The van der Waals surface area contributed by atoms with Gasteiger partial charge in [-0.05, 0) is 47.2 Å². The quantitative estimate of drug-likeness (QED) is 0.681. The molecule has 2 aromatic rings. The van der Waals surface area contributed by atoms with Crippen molar-refractivity contribution in [1.29, 1.82) is 0 Å². The molecule has 0 aliphatic carbocycles. The van der Waals surface area contributed by atoms with Crippen molar-refractivity contribution in [3.8, 4) is 11.1 Å². The number of rotatable bonds is 4. The average Bonchev–Trinajstić information content (AvgIpc) is 2.45. The topological polar surface area (TPSA) is 43.1 Å². The molecule has 0 aromatic heterocycles. The molecule has 3 heteroatoms. The molecule has 1 amide bonds. The fraction of sp³-hybridized carbons (Fsp3) is 0.0625. The number of hydrogen-bond donors (Lipinski definition) is 1. The van der Waals surface area contributed by atoms with Gasteiger partial charge in [0.2, 0.25) is 5.91 Å². The maximum atomic E-state index is 10.7. The lowest BCUT2D eigenvalue weighted by atomic mass is 10.0. The summed E-state index contributed by atoms with van der Waals surface area (Å²) in [4.78, 5) is 12.0. The van der Waals surface area contributed by atoms with Crippen LogP contribution in [0, 0.1) is 0 Å². The number of nitrogens with two attached hydrogens (primary N) is 1. The van der Waals surface area contributed by atoms with Gasteiger partial charge >= 0.3 is 0 Å². The van der Waals surface area contributed by atoms with Crippen LogP contribution in [0.3, 0.4) is 0 Å². The predicted molar refractivity (Wildman–Crippen MR) is 81.9 cm³/mol. The Bertz CT molecular complexity index is 602. The summed E-state index contributed by atoms with van der Waals surface area (Å²) in [5.74, 6) is -0.435. The lowest BCUT2D eigenvalue weighted by Crippen LogP contribution is -2.05. The summed E-state index contributed by atoms with van der Waals surface area (Å²) in [6.45, 7) is 0. The number of benzene rings is 2. The van der Waals surface area contributed by atoms with Crippen LogP contribution in [0.1, 0.15) is 5.56 Å². The third-order valence-electron chi connectivity index (χ3n) is 2.75. The van der Waals surface area contributed by atoms with Crippen LogP contribution in [0.4, 0.5) is 0 Å². The summed E-state index contributed by atoms with van der Waals surface area (Å²) >= 11 is 1.72. The summed E-state index contributed by atoms with van der Waals surface area (Å²) in [6, 6.07) is 16.4. The van der Waals surface area contributed by atoms with E-state index in [0.29, 0.717) is 0 Å². The van der Waals surface area contributed by atoms with Crippen molar-refractivity contribution in [3.63, 3.8) is 0 Å². The minimum Gasteiger partial charge on any atom is -0.366 e. The number of carbonyl (C=O) groups excluding carboxylic acids is 1. The molecule has 0 heterocycles. The Morgan fingerprint density at radius 2 is 1.84 bits per heavy atom. The van der Waals surface area contributed by atoms with E-state index in [9.17, 15) is 4.79 Å². The SMILES string of the molecule is CSc1ccc(-c2cccc(/C=C/C(N)=O)c2)cc1. The maximum Gasteiger partial charge on any atom is 0.241 e. The number of carbonyl (C=O) groups is 1. The first-order chi connectivity index (χ1) is 9.19. The van der Waals surface area contributed by atoms with Crippen LogP contribution in [0.15, 0.2) is 59.5 Å². The first-order valence-corrected chi connectivity index (χ1v) is 7.13. The van der Waals surface area contributed by atoms with Gasteiger partial charge in [0.1, 0.15) is 0 Å². The van der Waals surface area contributed by atoms with Gasteiger partial charge in [-0.3, -0.25) is 4.79 Å². The second-order valence-electron chi connectivity index (χ2n) is 4.09.